The van der Waals surface area contributed by atoms with E-state index in [1.165, 1.54) is 17.6 Å². The number of benzene rings is 2. The number of hydrogen-bond acceptors (Lipinski definition) is 4. The average molecular weight is 361 g/mol. The van der Waals surface area contributed by atoms with E-state index in [-0.39, 0.29) is 11.9 Å². The fourth-order valence-corrected chi connectivity index (χ4v) is 3.74. The summed E-state index contributed by atoms with van der Waals surface area (Å²) in [6, 6.07) is 16.1. The van der Waals surface area contributed by atoms with Crippen LogP contribution in [0.25, 0.3) is 5.69 Å². The van der Waals surface area contributed by atoms with Crippen LogP contribution in [-0.2, 0) is 0 Å². The van der Waals surface area contributed by atoms with E-state index in [0.29, 0.717) is 12.1 Å². The first-order valence-electron chi connectivity index (χ1n) is 9.20. The molecule has 138 valence electrons. The zero-order valence-corrected chi connectivity index (χ0v) is 15.6. The number of aromatic nitrogens is 3. The molecule has 0 bridgehead atoms. The molecule has 0 saturated carbocycles. The van der Waals surface area contributed by atoms with Crippen LogP contribution in [0.4, 0.5) is 5.69 Å². The zero-order valence-electron chi connectivity index (χ0n) is 15.6. The molecule has 1 saturated heterocycles. The Balaban J connectivity index is 1.56. The van der Waals surface area contributed by atoms with Gasteiger partial charge in [0.2, 0.25) is 0 Å². The van der Waals surface area contributed by atoms with Crippen molar-refractivity contribution in [1.82, 2.24) is 19.7 Å². The van der Waals surface area contributed by atoms with Crippen molar-refractivity contribution in [2.75, 3.05) is 24.5 Å². The molecule has 0 unspecified atom stereocenters. The highest BCUT2D eigenvalue weighted by Gasteiger charge is 2.30. The minimum atomic E-state index is 0.0398. The molecule has 0 N–H and O–H groups in total. The first-order chi connectivity index (χ1) is 13.1. The lowest BCUT2D eigenvalue weighted by molar-refractivity contribution is 0.0674. The fourth-order valence-electron chi connectivity index (χ4n) is 3.74. The molecule has 4 rings (SSSR count). The maximum absolute atomic E-state index is 13.3. The molecule has 3 aromatic rings. The predicted molar refractivity (Wildman–Crippen MR) is 105 cm³/mol. The van der Waals surface area contributed by atoms with Gasteiger partial charge in [0.15, 0.2) is 0 Å². The molecule has 1 aliphatic rings. The van der Waals surface area contributed by atoms with Gasteiger partial charge in [-0.25, -0.2) is 9.67 Å². The van der Waals surface area contributed by atoms with Gasteiger partial charge in [-0.2, -0.15) is 5.10 Å². The Hall–Kier alpha value is -3.15. The van der Waals surface area contributed by atoms with Gasteiger partial charge in [-0.15, -0.1) is 0 Å². The SMILES string of the molecule is Cc1ccccc1N1CCN(C(=O)c2ccccc2-n2cncn2)[C@H](C)C1. The lowest BCUT2D eigenvalue weighted by atomic mass is 10.1. The molecule has 0 radical (unpaired) electrons. The molecule has 27 heavy (non-hydrogen) atoms. The number of amides is 1. The Morgan fingerprint density at radius 3 is 2.48 bits per heavy atom. The van der Waals surface area contributed by atoms with Crippen molar-refractivity contribution in [3.05, 3.63) is 72.3 Å². The van der Waals surface area contributed by atoms with Gasteiger partial charge >= 0.3 is 0 Å². The van der Waals surface area contributed by atoms with Crippen LogP contribution >= 0.6 is 0 Å². The van der Waals surface area contributed by atoms with Gasteiger partial charge in [0.05, 0.1) is 11.3 Å². The minimum Gasteiger partial charge on any atom is -0.367 e. The van der Waals surface area contributed by atoms with Gasteiger partial charge in [0.1, 0.15) is 12.7 Å². The third-order valence-corrected chi connectivity index (χ3v) is 5.14. The molecule has 6 heteroatoms. The first kappa shape index (κ1) is 17.3. The number of anilines is 1. The number of carbonyl (C=O) groups is 1. The second kappa shape index (κ2) is 7.23. The lowest BCUT2D eigenvalue weighted by Gasteiger charge is -2.41. The molecule has 6 nitrogen and oxygen atoms in total. The minimum absolute atomic E-state index is 0.0398. The lowest BCUT2D eigenvalue weighted by Crippen LogP contribution is -2.54. The largest absolute Gasteiger partial charge is 0.367 e. The molecule has 1 aromatic heterocycles. The second-order valence-electron chi connectivity index (χ2n) is 6.94. The van der Waals surface area contributed by atoms with E-state index in [9.17, 15) is 4.79 Å². The summed E-state index contributed by atoms with van der Waals surface area (Å²) < 4.78 is 1.64. The van der Waals surface area contributed by atoms with E-state index in [2.05, 4.69) is 53.1 Å². The highest BCUT2D eigenvalue weighted by atomic mass is 16.2. The predicted octanol–water partition coefficient (Wildman–Crippen LogP) is 2.93. The summed E-state index contributed by atoms with van der Waals surface area (Å²) in [5.74, 6) is 0.0398. The summed E-state index contributed by atoms with van der Waals surface area (Å²) >= 11 is 0. The Bertz CT molecular complexity index is 937. The smallest absolute Gasteiger partial charge is 0.256 e. The Labute approximate surface area is 159 Å². The summed E-state index contributed by atoms with van der Waals surface area (Å²) in [6.07, 6.45) is 3.09. The van der Waals surface area contributed by atoms with Crippen LogP contribution in [0.5, 0.6) is 0 Å². The van der Waals surface area contributed by atoms with Crippen LogP contribution < -0.4 is 4.90 Å². The molecule has 0 spiro atoms. The number of rotatable bonds is 3. The molecule has 1 aliphatic heterocycles. The highest BCUT2D eigenvalue weighted by molar-refractivity contribution is 5.98. The number of para-hydroxylation sites is 2. The van der Waals surface area contributed by atoms with E-state index in [4.69, 9.17) is 0 Å². The summed E-state index contributed by atoms with van der Waals surface area (Å²) in [5, 5.41) is 4.18. The summed E-state index contributed by atoms with van der Waals surface area (Å²) in [4.78, 5) is 21.6. The summed E-state index contributed by atoms with van der Waals surface area (Å²) in [6.45, 7) is 6.58. The Kier molecular flexibility index (Phi) is 4.62. The molecule has 0 aliphatic carbocycles. The van der Waals surface area contributed by atoms with Gasteiger partial charge in [0.25, 0.3) is 5.91 Å². The Morgan fingerprint density at radius 1 is 1.04 bits per heavy atom. The monoisotopic (exact) mass is 361 g/mol. The van der Waals surface area contributed by atoms with E-state index >= 15 is 0 Å². The van der Waals surface area contributed by atoms with Gasteiger partial charge in [-0.05, 0) is 37.6 Å². The van der Waals surface area contributed by atoms with E-state index in [1.807, 2.05) is 29.2 Å². The van der Waals surface area contributed by atoms with Crippen molar-refractivity contribution >= 4 is 11.6 Å². The van der Waals surface area contributed by atoms with Crippen LogP contribution in [0.15, 0.2) is 61.2 Å². The Morgan fingerprint density at radius 2 is 1.78 bits per heavy atom. The van der Waals surface area contributed by atoms with Gasteiger partial charge in [-0.1, -0.05) is 30.3 Å². The topological polar surface area (TPSA) is 54.3 Å². The van der Waals surface area contributed by atoms with Crippen LogP contribution in [0, 0.1) is 6.92 Å². The molecular formula is C21H23N5O. The van der Waals surface area contributed by atoms with E-state index in [0.717, 1.165) is 18.8 Å². The van der Waals surface area contributed by atoms with Gasteiger partial charge in [-0.3, -0.25) is 4.79 Å². The van der Waals surface area contributed by atoms with Crippen LogP contribution in [0.2, 0.25) is 0 Å². The maximum atomic E-state index is 13.3. The standard InChI is InChI=1S/C21H23N5O/c1-16-7-3-5-9-19(16)24-11-12-25(17(2)13-24)21(27)18-8-4-6-10-20(18)26-15-22-14-23-26/h3-10,14-15,17H,11-13H2,1-2H3/t17-/m1/s1. The van der Waals surface area contributed by atoms with Crippen LogP contribution in [-0.4, -0.2) is 51.2 Å². The van der Waals surface area contributed by atoms with Crippen molar-refractivity contribution in [2.45, 2.75) is 19.9 Å². The van der Waals surface area contributed by atoms with E-state index < -0.39 is 0 Å². The molecule has 1 fully saturated rings. The molecule has 1 amide bonds. The van der Waals surface area contributed by atoms with Crippen molar-refractivity contribution in [3.8, 4) is 5.69 Å². The highest BCUT2D eigenvalue weighted by Crippen LogP contribution is 2.24. The summed E-state index contributed by atoms with van der Waals surface area (Å²) in [5.41, 5.74) is 3.92. The van der Waals surface area contributed by atoms with E-state index in [1.54, 1.807) is 11.0 Å². The number of piperazine rings is 1. The van der Waals surface area contributed by atoms with Crippen molar-refractivity contribution in [1.29, 1.82) is 0 Å². The quantitative estimate of drug-likeness (QED) is 0.720. The normalized spacial score (nSPS) is 17.2. The van der Waals surface area contributed by atoms with Crippen molar-refractivity contribution in [2.24, 2.45) is 0 Å². The number of nitrogens with zero attached hydrogens (tertiary/aromatic N) is 5. The number of carbonyl (C=O) groups excluding carboxylic acids is 1. The molecule has 1 atom stereocenters. The van der Waals surface area contributed by atoms with Crippen molar-refractivity contribution < 1.29 is 4.79 Å². The maximum Gasteiger partial charge on any atom is 0.256 e. The molecular weight excluding hydrogens is 338 g/mol. The van der Waals surface area contributed by atoms with Gasteiger partial charge in [0, 0.05) is 31.4 Å². The molecule has 2 aromatic carbocycles. The first-order valence-corrected chi connectivity index (χ1v) is 9.20. The van der Waals surface area contributed by atoms with Gasteiger partial charge < -0.3 is 9.80 Å². The number of hydrogen-bond donors (Lipinski definition) is 0. The van der Waals surface area contributed by atoms with Crippen molar-refractivity contribution in [3.63, 3.8) is 0 Å². The summed E-state index contributed by atoms with van der Waals surface area (Å²) in [7, 11) is 0. The number of aryl methyl sites for hydroxylation is 1. The second-order valence-corrected chi connectivity index (χ2v) is 6.94. The molecule has 2 heterocycles. The third kappa shape index (κ3) is 3.30. The zero-order chi connectivity index (χ0) is 18.8. The fraction of sp³-hybridized carbons (Fsp3) is 0.286. The van der Waals surface area contributed by atoms with Crippen LogP contribution in [0.3, 0.4) is 0 Å². The van der Waals surface area contributed by atoms with Crippen LogP contribution in [0.1, 0.15) is 22.8 Å². The third-order valence-electron chi connectivity index (χ3n) is 5.14. The average Bonchev–Trinajstić information content (AvgIpc) is 3.22.